The Labute approximate surface area is 79.4 Å². The highest BCUT2D eigenvalue weighted by molar-refractivity contribution is 4.91. The Morgan fingerprint density at radius 3 is 2.08 bits per heavy atom. The molecule has 0 spiro atoms. The fraction of sp³-hybridized carbons (Fsp3) is 1.00. The monoisotopic (exact) mass is 188 g/mol. The van der Waals surface area contributed by atoms with Crippen LogP contribution in [0, 0.1) is 11.8 Å². The molecule has 4 atom stereocenters. The van der Waals surface area contributed by atoms with Gasteiger partial charge in [0.25, 0.3) is 0 Å². The molecule has 1 aliphatic rings. The zero-order valence-corrected chi connectivity index (χ0v) is 8.57. The smallest absolute Gasteiger partial charge is 0.0830 e. The van der Waals surface area contributed by atoms with Crippen LogP contribution in [0.4, 0.5) is 0 Å². The molecule has 0 radical (unpaired) electrons. The Balaban J connectivity index is 2.54. The SMILES string of the molecule is C[C@@H]1C[C@H](CC(C)(C)O)[C@@H](O)[C@H]1O. The van der Waals surface area contributed by atoms with Gasteiger partial charge in [-0.3, -0.25) is 0 Å². The molecule has 0 amide bonds. The van der Waals surface area contributed by atoms with Gasteiger partial charge in [-0.15, -0.1) is 0 Å². The summed E-state index contributed by atoms with van der Waals surface area (Å²) in [7, 11) is 0. The number of rotatable bonds is 2. The first-order valence-electron chi connectivity index (χ1n) is 4.90. The quantitative estimate of drug-likeness (QED) is 0.592. The number of hydrogen-bond acceptors (Lipinski definition) is 3. The Morgan fingerprint density at radius 2 is 1.77 bits per heavy atom. The van der Waals surface area contributed by atoms with Crippen molar-refractivity contribution >= 4 is 0 Å². The third kappa shape index (κ3) is 2.66. The van der Waals surface area contributed by atoms with Crippen LogP contribution in [0.5, 0.6) is 0 Å². The van der Waals surface area contributed by atoms with Gasteiger partial charge in [0.2, 0.25) is 0 Å². The molecule has 1 saturated carbocycles. The maximum atomic E-state index is 9.63. The zero-order chi connectivity index (χ0) is 10.2. The lowest BCUT2D eigenvalue weighted by molar-refractivity contribution is -0.0178. The van der Waals surface area contributed by atoms with Crippen LogP contribution in [0.15, 0.2) is 0 Å². The van der Waals surface area contributed by atoms with Gasteiger partial charge in [0.1, 0.15) is 0 Å². The van der Waals surface area contributed by atoms with E-state index in [0.29, 0.717) is 6.42 Å². The van der Waals surface area contributed by atoms with Crippen LogP contribution in [0.3, 0.4) is 0 Å². The van der Waals surface area contributed by atoms with Crippen molar-refractivity contribution in [2.24, 2.45) is 11.8 Å². The fourth-order valence-electron chi connectivity index (χ4n) is 2.22. The molecule has 0 heterocycles. The summed E-state index contributed by atoms with van der Waals surface area (Å²) in [5, 5.41) is 28.7. The van der Waals surface area contributed by atoms with Crippen LogP contribution in [-0.2, 0) is 0 Å². The van der Waals surface area contributed by atoms with Crippen LogP contribution >= 0.6 is 0 Å². The van der Waals surface area contributed by atoms with Crippen molar-refractivity contribution < 1.29 is 15.3 Å². The second-order valence-electron chi connectivity index (χ2n) is 4.97. The minimum atomic E-state index is -0.755. The van der Waals surface area contributed by atoms with Crippen LogP contribution in [0.2, 0.25) is 0 Å². The molecule has 0 aromatic carbocycles. The van der Waals surface area contributed by atoms with Crippen LogP contribution in [0.1, 0.15) is 33.6 Å². The van der Waals surface area contributed by atoms with E-state index in [1.54, 1.807) is 13.8 Å². The summed E-state index contributed by atoms with van der Waals surface area (Å²) >= 11 is 0. The molecule has 1 rings (SSSR count). The van der Waals surface area contributed by atoms with Gasteiger partial charge in [-0.1, -0.05) is 6.92 Å². The molecule has 1 fully saturated rings. The second-order valence-corrected chi connectivity index (χ2v) is 4.97. The van der Waals surface area contributed by atoms with E-state index in [1.807, 2.05) is 6.92 Å². The van der Waals surface area contributed by atoms with E-state index < -0.39 is 17.8 Å². The number of aliphatic hydroxyl groups is 3. The maximum Gasteiger partial charge on any atom is 0.0830 e. The van der Waals surface area contributed by atoms with Crippen molar-refractivity contribution in [2.45, 2.75) is 51.4 Å². The predicted octanol–water partition coefficient (Wildman–Crippen LogP) is 0.525. The van der Waals surface area contributed by atoms with Crippen molar-refractivity contribution in [1.82, 2.24) is 0 Å². The minimum absolute atomic E-state index is 0.0324. The lowest BCUT2D eigenvalue weighted by atomic mass is 9.90. The van der Waals surface area contributed by atoms with E-state index in [-0.39, 0.29) is 11.8 Å². The van der Waals surface area contributed by atoms with Gasteiger partial charge in [-0.25, -0.2) is 0 Å². The maximum absolute atomic E-state index is 9.63. The van der Waals surface area contributed by atoms with Gasteiger partial charge in [0.05, 0.1) is 17.8 Å². The largest absolute Gasteiger partial charge is 0.390 e. The second kappa shape index (κ2) is 3.56. The molecule has 78 valence electrons. The Morgan fingerprint density at radius 1 is 1.23 bits per heavy atom. The van der Waals surface area contributed by atoms with E-state index in [2.05, 4.69) is 0 Å². The summed E-state index contributed by atoms with van der Waals surface area (Å²) in [5.41, 5.74) is -0.755. The molecule has 0 unspecified atom stereocenters. The van der Waals surface area contributed by atoms with E-state index >= 15 is 0 Å². The van der Waals surface area contributed by atoms with Crippen LogP contribution < -0.4 is 0 Å². The highest BCUT2D eigenvalue weighted by atomic mass is 16.3. The Kier molecular flexibility index (Phi) is 3.00. The molecule has 0 saturated heterocycles. The molecule has 3 N–H and O–H groups in total. The molecule has 3 heteroatoms. The van der Waals surface area contributed by atoms with Gasteiger partial charge in [-0.05, 0) is 38.5 Å². The van der Waals surface area contributed by atoms with Gasteiger partial charge >= 0.3 is 0 Å². The van der Waals surface area contributed by atoms with Gasteiger partial charge in [-0.2, -0.15) is 0 Å². The lowest BCUT2D eigenvalue weighted by Crippen LogP contribution is -2.32. The molecule has 0 aromatic heterocycles. The van der Waals surface area contributed by atoms with Crippen LogP contribution in [-0.4, -0.2) is 33.1 Å². The van der Waals surface area contributed by atoms with Crippen molar-refractivity contribution in [3.63, 3.8) is 0 Å². The van der Waals surface area contributed by atoms with Gasteiger partial charge in [0.15, 0.2) is 0 Å². The third-order valence-electron chi connectivity index (χ3n) is 2.85. The summed E-state index contributed by atoms with van der Waals surface area (Å²) in [6.07, 6.45) is 0.0656. The summed E-state index contributed by atoms with van der Waals surface area (Å²) in [5.74, 6) is 0.173. The highest BCUT2D eigenvalue weighted by Gasteiger charge is 2.40. The van der Waals surface area contributed by atoms with Crippen LogP contribution in [0.25, 0.3) is 0 Å². The first-order chi connectivity index (χ1) is 5.81. The Bertz CT molecular complexity index is 173. The molecule has 1 aliphatic carbocycles. The molecule has 3 nitrogen and oxygen atoms in total. The van der Waals surface area contributed by atoms with E-state index in [0.717, 1.165) is 6.42 Å². The summed E-state index contributed by atoms with van der Waals surface area (Å²) in [6.45, 7) is 5.39. The third-order valence-corrected chi connectivity index (χ3v) is 2.85. The summed E-state index contributed by atoms with van der Waals surface area (Å²) in [4.78, 5) is 0. The van der Waals surface area contributed by atoms with Crippen molar-refractivity contribution in [1.29, 1.82) is 0 Å². The number of aliphatic hydroxyl groups excluding tert-OH is 2. The fourth-order valence-corrected chi connectivity index (χ4v) is 2.22. The van der Waals surface area contributed by atoms with Crippen molar-refractivity contribution in [3.8, 4) is 0 Å². The van der Waals surface area contributed by atoms with E-state index in [4.69, 9.17) is 0 Å². The predicted molar refractivity (Wildman–Crippen MR) is 50.2 cm³/mol. The Hall–Kier alpha value is -0.120. The molecule has 13 heavy (non-hydrogen) atoms. The molecule has 0 bridgehead atoms. The highest BCUT2D eigenvalue weighted by Crippen LogP contribution is 2.36. The first-order valence-corrected chi connectivity index (χ1v) is 4.90. The molecular formula is C10H20O3. The van der Waals surface area contributed by atoms with E-state index in [1.165, 1.54) is 0 Å². The molecular weight excluding hydrogens is 168 g/mol. The summed E-state index contributed by atoms with van der Waals surface area (Å²) < 4.78 is 0. The summed E-state index contributed by atoms with van der Waals surface area (Å²) in [6, 6.07) is 0. The zero-order valence-electron chi connectivity index (χ0n) is 8.57. The minimum Gasteiger partial charge on any atom is -0.390 e. The van der Waals surface area contributed by atoms with Crippen molar-refractivity contribution in [2.75, 3.05) is 0 Å². The lowest BCUT2D eigenvalue weighted by Gasteiger charge is -2.24. The average molecular weight is 188 g/mol. The standard InChI is InChI=1S/C10H20O3/c1-6-4-7(5-10(2,3)13)9(12)8(6)11/h6-9,11-13H,4-5H2,1-3H3/t6-,7-,8+,9-/m1/s1. The average Bonchev–Trinajstić information content (AvgIpc) is 2.15. The normalized spacial score (nSPS) is 41.1. The number of hydrogen-bond donors (Lipinski definition) is 3. The topological polar surface area (TPSA) is 60.7 Å². The van der Waals surface area contributed by atoms with Crippen molar-refractivity contribution in [3.05, 3.63) is 0 Å². The first kappa shape index (κ1) is 11.0. The van der Waals surface area contributed by atoms with Gasteiger partial charge < -0.3 is 15.3 Å². The van der Waals surface area contributed by atoms with E-state index in [9.17, 15) is 15.3 Å². The molecule has 0 aromatic rings. The van der Waals surface area contributed by atoms with Gasteiger partial charge in [0, 0.05) is 0 Å². The molecule has 0 aliphatic heterocycles.